The quantitative estimate of drug-likeness (QED) is 0.876. The molecule has 5 heteroatoms. The first-order chi connectivity index (χ1) is 10.1. The summed E-state index contributed by atoms with van der Waals surface area (Å²) in [6.45, 7) is 2.49. The molecule has 2 heterocycles. The SMILES string of the molecule is CO.Cc1cncc(C(=O)N2CCc3cc(F)ccc32)c1. The lowest BCUT2D eigenvalue weighted by Crippen LogP contribution is -2.29. The zero-order valence-electron chi connectivity index (χ0n) is 12.0. The summed E-state index contributed by atoms with van der Waals surface area (Å²) in [5.41, 5.74) is 3.20. The number of aliphatic hydroxyl groups excluding tert-OH is 1. The average Bonchev–Trinajstić information content (AvgIpc) is 2.91. The first-order valence-electron chi connectivity index (χ1n) is 6.62. The van der Waals surface area contributed by atoms with E-state index >= 15 is 0 Å². The number of benzene rings is 1. The summed E-state index contributed by atoms with van der Waals surface area (Å²) in [6.07, 6.45) is 3.97. The minimum absolute atomic E-state index is 0.0819. The second-order valence-corrected chi connectivity index (χ2v) is 4.73. The molecule has 3 rings (SSSR count). The van der Waals surface area contributed by atoms with E-state index in [1.807, 2.05) is 13.0 Å². The van der Waals surface area contributed by atoms with Crippen LogP contribution in [0, 0.1) is 12.7 Å². The fourth-order valence-corrected chi connectivity index (χ4v) is 2.41. The summed E-state index contributed by atoms with van der Waals surface area (Å²) >= 11 is 0. The minimum atomic E-state index is -0.259. The standard InChI is InChI=1S/C15H13FN2O.CH4O/c1-10-6-12(9-17-8-10)15(19)18-5-4-11-7-13(16)2-3-14(11)18;1-2/h2-3,6-9H,4-5H2,1H3;2H,1H3. The summed E-state index contributed by atoms with van der Waals surface area (Å²) in [5.74, 6) is -0.341. The number of carbonyl (C=O) groups excluding carboxylic acids is 1. The minimum Gasteiger partial charge on any atom is -0.400 e. The second-order valence-electron chi connectivity index (χ2n) is 4.73. The number of fused-ring (bicyclic) bond motifs is 1. The van der Waals surface area contributed by atoms with E-state index in [9.17, 15) is 9.18 Å². The maximum atomic E-state index is 13.2. The lowest BCUT2D eigenvalue weighted by atomic mass is 10.1. The Morgan fingerprint density at radius 3 is 2.76 bits per heavy atom. The number of aromatic nitrogens is 1. The van der Waals surface area contributed by atoms with Crippen molar-refractivity contribution in [3.05, 3.63) is 59.2 Å². The van der Waals surface area contributed by atoms with Crippen LogP contribution >= 0.6 is 0 Å². The Labute approximate surface area is 122 Å². The highest BCUT2D eigenvalue weighted by molar-refractivity contribution is 6.07. The number of nitrogens with zero attached hydrogens (tertiary/aromatic N) is 2. The first kappa shape index (κ1) is 15.1. The van der Waals surface area contributed by atoms with Crippen LogP contribution < -0.4 is 4.90 Å². The van der Waals surface area contributed by atoms with Crippen molar-refractivity contribution < 1.29 is 14.3 Å². The van der Waals surface area contributed by atoms with Crippen LogP contribution in [0.1, 0.15) is 21.5 Å². The van der Waals surface area contributed by atoms with Crippen LogP contribution in [0.15, 0.2) is 36.7 Å². The normalized spacial score (nSPS) is 12.5. The van der Waals surface area contributed by atoms with E-state index in [4.69, 9.17) is 5.11 Å². The summed E-state index contributed by atoms with van der Waals surface area (Å²) in [5, 5.41) is 7.00. The van der Waals surface area contributed by atoms with Gasteiger partial charge in [0, 0.05) is 31.7 Å². The molecule has 0 atom stereocenters. The van der Waals surface area contributed by atoms with Gasteiger partial charge in [-0.05, 0) is 48.7 Å². The van der Waals surface area contributed by atoms with Gasteiger partial charge in [0.1, 0.15) is 5.82 Å². The number of anilines is 1. The van der Waals surface area contributed by atoms with Crippen molar-refractivity contribution in [2.24, 2.45) is 0 Å². The van der Waals surface area contributed by atoms with Gasteiger partial charge in [0.05, 0.1) is 5.56 Å². The number of hydrogen-bond acceptors (Lipinski definition) is 3. The Kier molecular flexibility index (Phi) is 4.65. The number of rotatable bonds is 1. The van der Waals surface area contributed by atoms with Gasteiger partial charge in [0.25, 0.3) is 5.91 Å². The number of aliphatic hydroxyl groups is 1. The molecule has 0 saturated heterocycles. The molecule has 1 amide bonds. The van der Waals surface area contributed by atoms with Crippen molar-refractivity contribution >= 4 is 11.6 Å². The topological polar surface area (TPSA) is 53.4 Å². The molecule has 1 aliphatic rings. The Balaban J connectivity index is 0.000000774. The molecule has 0 spiro atoms. The Hall–Kier alpha value is -2.27. The maximum Gasteiger partial charge on any atom is 0.259 e. The number of amides is 1. The summed E-state index contributed by atoms with van der Waals surface area (Å²) in [6, 6.07) is 6.37. The van der Waals surface area contributed by atoms with Gasteiger partial charge >= 0.3 is 0 Å². The molecule has 21 heavy (non-hydrogen) atoms. The number of pyridine rings is 1. The largest absolute Gasteiger partial charge is 0.400 e. The van der Waals surface area contributed by atoms with Crippen LogP contribution in [0.2, 0.25) is 0 Å². The van der Waals surface area contributed by atoms with Gasteiger partial charge in [-0.3, -0.25) is 9.78 Å². The molecule has 0 unspecified atom stereocenters. The summed E-state index contributed by atoms with van der Waals surface area (Å²) in [7, 11) is 1.00. The van der Waals surface area contributed by atoms with Gasteiger partial charge in [0.15, 0.2) is 0 Å². The molecule has 1 N–H and O–H groups in total. The molecule has 1 aliphatic heterocycles. The van der Waals surface area contributed by atoms with Crippen LogP contribution in [0.4, 0.5) is 10.1 Å². The predicted octanol–water partition coefficient (Wildman–Crippen LogP) is 2.34. The van der Waals surface area contributed by atoms with E-state index in [1.165, 1.54) is 12.1 Å². The molecule has 4 nitrogen and oxygen atoms in total. The molecule has 0 saturated carbocycles. The van der Waals surface area contributed by atoms with Gasteiger partial charge in [-0.15, -0.1) is 0 Å². The molecule has 0 aliphatic carbocycles. The highest BCUT2D eigenvalue weighted by Gasteiger charge is 2.25. The average molecular weight is 288 g/mol. The highest BCUT2D eigenvalue weighted by atomic mass is 19.1. The Morgan fingerprint density at radius 2 is 2.05 bits per heavy atom. The highest BCUT2D eigenvalue weighted by Crippen LogP contribution is 2.29. The zero-order chi connectivity index (χ0) is 15.4. The molecule has 2 aromatic rings. The van der Waals surface area contributed by atoms with Crippen molar-refractivity contribution in [3.8, 4) is 0 Å². The van der Waals surface area contributed by atoms with Crippen LogP contribution in [-0.4, -0.2) is 29.7 Å². The van der Waals surface area contributed by atoms with E-state index in [1.54, 1.807) is 23.4 Å². The van der Waals surface area contributed by atoms with Crippen LogP contribution in [0.5, 0.6) is 0 Å². The molecular weight excluding hydrogens is 271 g/mol. The molecule has 1 aromatic heterocycles. The van der Waals surface area contributed by atoms with Crippen LogP contribution in [0.3, 0.4) is 0 Å². The molecule has 0 bridgehead atoms. The third-order valence-electron chi connectivity index (χ3n) is 3.30. The van der Waals surface area contributed by atoms with E-state index in [0.717, 1.165) is 23.9 Å². The maximum absolute atomic E-state index is 13.2. The van der Waals surface area contributed by atoms with Crippen molar-refractivity contribution in [3.63, 3.8) is 0 Å². The lowest BCUT2D eigenvalue weighted by Gasteiger charge is -2.17. The van der Waals surface area contributed by atoms with Gasteiger partial charge in [0.2, 0.25) is 0 Å². The van der Waals surface area contributed by atoms with Crippen LogP contribution in [-0.2, 0) is 6.42 Å². The van der Waals surface area contributed by atoms with Crippen molar-refractivity contribution in [1.29, 1.82) is 0 Å². The monoisotopic (exact) mass is 288 g/mol. The first-order valence-corrected chi connectivity index (χ1v) is 6.62. The number of carbonyl (C=O) groups is 1. The van der Waals surface area contributed by atoms with E-state index in [0.29, 0.717) is 18.5 Å². The fraction of sp³-hybridized carbons (Fsp3) is 0.250. The molecule has 0 radical (unpaired) electrons. The van der Waals surface area contributed by atoms with Gasteiger partial charge < -0.3 is 10.0 Å². The Morgan fingerprint density at radius 1 is 1.29 bits per heavy atom. The van der Waals surface area contributed by atoms with E-state index in [-0.39, 0.29) is 11.7 Å². The van der Waals surface area contributed by atoms with Crippen LogP contribution in [0.25, 0.3) is 0 Å². The number of aryl methyl sites for hydroxylation is 1. The van der Waals surface area contributed by atoms with Crippen molar-refractivity contribution in [2.75, 3.05) is 18.6 Å². The predicted molar refractivity (Wildman–Crippen MR) is 78.9 cm³/mol. The van der Waals surface area contributed by atoms with Gasteiger partial charge in [-0.25, -0.2) is 4.39 Å². The molecular formula is C16H17FN2O2. The van der Waals surface area contributed by atoms with Crippen molar-refractivity contribution in [2.45, 2.75) is 13.3 Å². The van der Waals surface area contributed by atoms with E-state index < -0.39 is 0 Å². The smallest absolute Gasteiger partial charge is 0.259 e. The third kappa shape index (κ3) is 3.08. The van der Waals surface area contributed by atoms with Gasteiger partial charge in [-0.2, -0.15) is 0 Å². The molecule has 1 aromatic carbocycles. The molecule has 110 valence electrons. The number of halogens is 1. The second kappa shape index (κ2) is 6.45. The third-order valence-corrected chi connectivity index (χ3v) is 3.30. The molecule has 0 fully saturated rings. The lowest BCUT2D eigenvalue weighted by molar-refractivity contribution is 0.0989. The fourth-order valence-electron chi connectivity index (χ4n) is 2.41. The summed E-state index contributed by atoms with van der Waals surface area (Å²) in [4.78, 5) is 18.2. The van der Waals surface area contributed by atoms with Gasteiger partial charge in [-0.1, -0.05) is 0 Å². The summed E-state index contributed by atoms with van der Waals surface area (Å²) < 4.78 is 13.2. The Bertz CT molecular complexity index is 658. The number of hydrogen-bond donors (Lipinski definition) is 1. The zero-order valence-corrected chi connectivity index (χ0v) is 12.0. The van der Waals surface area contributed by atoms with Crippen molar-refractivity contribution in [1.82, 2.24) is 4.98 Å². The van der Waals surface area contributed by atoms with E-state index in [2.05, 4.69) is 4.98 Å².